The molecule has 0 aromatic carbocycles. The first kappa shape index (κ1) is 12.6. The van der Waals surface area contributed by atoms with Gasteiger partial charge in [-0.05, 0) is 48.6 Å². The van der Waals surface area contributed by atoms with Crippen molar-refractivity contribution in [3.63, 3.8) is 0 Å². The second-order valence-electron chi connectivity index (χ2n) is 6.25. The average Bonchev–Trinajstić information content (AvgIpc) is 3.00. The van der Waals surface area contributed by atoms with Crippen LogP contribution in [0.2, 0.25) is 0 Å². The highest BCUT2D eigenvalue weighted by Crippen LogP contribution is 2.49. The van der Waals surface area contributed by atoms with Crippen LogP contribution >= 0.6 is 11.3 Å². The molecule has 2 aliphatic carbocycles. The van der Waals surface area contributed by atoms with Gasteiger partial charge in [0.2, 0.25) is 5.91 Å². The largest absolute Gasteiger partial charge is 0.334 e. The minimum atomic E-state index is 0.00596. The first-order valence-corrected chi connectivity index (χ1v) is 8.42. The Morgan fingerprint density at radius 1 is 1.35 bits per heavy atom. The predicted octanol–water partition coefficient (Wildman–Crippen LogP) is 2.49. The lowest BCUT2D eigenvalue weighted by atomic mass is 9.93. The SMILES string of the molecule is NC1C=CC(C(=O)N2CCc3sccc3C2C2CC2)C1. The van der Waals surface area contributed by atoms with Gasteiger partial charge in [-0.2, -0.15) is 0 Å². The highest BCUT2D eigenvalue weighted by atomic mass is 32.1. The third-order valence-corrected chi connectivity index (χ3v) is 5.80. The van der Waals surface area contributed by atoms with Crippen molar-refractivity contribution in [2.45, 2.75) is 37.8 Å². The fourth-order valence-corrected chi connectivity index (χ4v) is 4.55. The summed E-state index contributed by atoms with van der Waals surface area (Å²) in [7, 11) is 0. The Kier molecular flexibility index (Phi) is 2.97. The summed E-state index contributed by atoms with van der Waals surface area (Å²) in [5.74, 6) is 0.987. The molecule has 1 aliphatic heterocycles. The Balaban J connectivity index is 1.61. The van der Waals surface area contributed by atoms with E-state index in [9.17, 15) is 4.79 Å². The van der Waals surface area contributed by atoms with Gasteiger partial charge < -0.3 is 10.6 Å². The van der Waals surface area contributed by atoms with Crippen molar-refractivity contribution in [2.24, 2.45) is 17.6 Å². The summed E-state index contributed by atoms with van der Waals surface area (Å²) >= 11 is 1.85. The second-order valence-corrected chi connectivity index (χ2v) is 7.25. The molecular formula is C16H20N2OS. The van der Waals surface area contributed by atoms with E-state index in [-0.39, 0.29) is 12.0 Å². The molecule has 1 amide bonds. The van der Waals surface area contributed by atoms with Crippen LogP contribution in [0.25, 0.3) is 0 Å². The van der Waals surface area contributed by atoms with Gasteiger partial charge in [0.05, 0.1) is 12.0 Å². The zero-order valence-corrected chi connectivity index (χ0v) is 12.3. The van der Waals surface area contributed by atoms with Gasteiger partial charge in [0.15, 0.2) is 0 Å². The van der Waals surface area contributed by atoms with Gasteiger partial charge in [0.1, 0.15) is 0 Å². The molecule has 2 N–H and O–H groups in total. The fraction of sp³-hybridized carbons (Fsp3) is 0.562. The van der Waals surface area contributed by atoms with Crippen LogP contribution in [0.15, 0.2) is 23.6 Å². The van der Waals surface area contributed by atoms with Crippen LogP contribution in [-0.4, -0.2) is 23.4 Å². The number of fused-ring (bicyclic) bond motifs is 1. The number of amides is 1. The van der Waals surface area contributed by atoms with Crippen LogP contribution in [-0.2, 0) is 11.2 Å². The van der Waals surface area contributed by atoms with Crippen molar-refractivity contribution in [3.05, 3.63) is 34.0 Å². The van der Waals surface area contributed by atoms with Gasteiger partial charge in [-0.3, -0.25) is 4.79 Å². The highest BCUT2D eigenvalue weighted by molar-refractivity contribution is 7.10. The normalized spacial score (nSPS) is 32.5. The molecule has 3 unspecified atom stereocenters. The molecule has 2 heterocycles. The van der Waals surface area contributed by atoms with E-state index < -0.39 is 0 Å². The first-order valence-electron chi connectivity index (χ1n) is 7.54. The first-order chi connectivity index (χ1) is 9.74. The van der Waals surface area contributed by atoms with E-state index in [4.69, 9.17) is 5.73 Å². The van der Waals surface area contributed by atoms with Gasteiger partial charge in [-0.1, -0.05) is 12.2 Å². The van der Waals surface area contributed by atoms with Crippen molar-refractivity contribution >= 4 is 17.2 Å². The van der Waals surface area contributed by atoms with Crippen LogP contribution in [0.4, 0.5) is 0 Å². The number of carbonyl (C=O) groups excluding carboxylic acids is 1. The zero-order valence-electron chi connectivity index (χ0n) is 11.5. The number of hydrogen-bond acceptors (Lipinski definition) is 3. The summed E-state index contributed by atoms with van der Waals surface area (Å²) in [5, 5.41) is 2.18. The van der Waals surface area contributed by atoms with E-state index in [0.29, 0.717) is 17.9 Å². The monoisotopic (exact) mass is 288 g/mol. The van der Waals surface area contributed by atoms with Gasteiger partial charge in [-0.25, -0.2) is 0 Å². The average molecular weight is 288 g/mol. The summed E-state index contributed by atoms with van der Waals surface area (Å²) in [6, 6.07) is 2.63. The fourth-order valence-electron chi connectivity index (χ4n) is 3.64. The Labute approximate surface area is 123 Å². The van der Waals surface area contributed by atoms with Crippen molar-refractivity contribution in [1.82, 2.24) is 4.90 Å². The van der Waals surface area contributed by atoms with E-state index >= 15 is 0 Å². The molecule has 3 nitrogen and oxygen atoms in total. The maximum absolute atomic E-state index is 12.8. The Morgan fingerprint density at radius 3 is 2.90 bits per heavy atom. The Bertz CT molecular complexity index is 561. The van der Waals surface area contributed by atoms with Gasteiger partial charge >= 0.3 is 0 Å². The maximum Gasteiger partial charge on any atom is 0.230 e. The number of hydrogen-bond donors (Lipinski definition) is 1. The van der Waals surface area contributed by atoms with Gasteiger partial charge in [-0.15, -0.1) is 11.3 Å². The lowest BCUT2D eigenvalue weighted by Crippen LogP contribution is -2.43. The summed E-state index contributed by atoms with van der Waals surface area (Å²) in [4.78, 5) is 16.5. The van der Waals surface area contributed by atoms with E-state index in [1.54, 1.807) is 0 Å². The number of nitrogens with two attached hydrogens (primary N) is 1. The summed E-state index contributed by atoms with van der Waals surface area (Å²) in [6.45, 7) is 0.882. The van der Waals surface area contributed by atoms with Crippen molar-refractivity contribution in [1.29, 1.82) is 0 Å². The molecular weight excluding hydrogens is 268 g/mol. The summed E-state index contributed by atoms with van der Waals surface area (Å²) < 4.78 is 0. The minimum Gasteiger partial charge on any atom is -0.334 e. The van der Waals surface area contributed by atoms with Gasteiger partial charge in [0, 0.05) is 17.5 Å². The molecule has 0 saturated heterocycles. The maximum atomic E-state index is 12.8. The number of thiophene rings is 1. The van der Waals surface area contributed by atoms with E-state index in [1.807, 2.05) is 23.5 Å². The standard InChI is InChI=1S/C16H20N2OS/c17-12-4-3-11(9-12)16(19)18-7-5-14-13(6-8-20-14)15(18)10-1-2-10/h3-4,6,8,10-12,15H,1-2,5,7,9,17H2. The molecule has 0 spiro atoms. The van der Waals surface area contributed by atoms with Crippen LogP contribution in [0, 0.1) is 11.8 Å². The van der Waals surface area contributed by atoms with E-state index in [2.05, 4.69) is 16.3 Å². The summed E-state index contributed by atoms with van der Waals surface area (Å²) in [6.07, 6.45) is 8.33. The van der Waals surface area contributed by atoms with Crippen molar-refractivity contribution in [3.8, 4) is 0 Å². The Hall–Kier alpha value is -1.13. The molecule has 1 saturated carbocycles. The highest BCUT2D eigenvalue weighted by Gasteiger charge is 2.43. The summed E-state index contributed by atoms with van der Waals surface area (Å²) in [5.41, 5.74) is 7.32. The van der Waals surface area contributed by atoms with Gasteiger partial charge in [0.25, 0.3) is 0 Å². The van der Waals surface area contributed by atoms with Crippen molar-refractivity contribution in [2.75, 3.05) is 6.54 Å². The van der Waals surface area contributed by atoms with Crippen LogP contribution in [0.3, 0.4) is 0 Å². The van der Waals surface area contributed by atoms with Crippen LogP contribution in [0.1, 0.15) is 35.7 Å². The molecule has 1 aromatic heterocycles. The molecule has 106 valence electrons. The number of nitrogens with zero attached hydrogens (tertiary/aromatic N) is 1. The molecule has 4 heteroatoms. The lowest BCUT2D eigenvalue weighted by Gasteiger charge is -2.37. The predicted molar refractivity (Wildman–Crippen MR) is 80.4 cm³/mol. The zero-order chi connectivity index (χ0) is 13.7. The van der Waals surface area contributed by atoms with E-state index in [1.165, 1.54) is 23.3 Å². The molecule has 20 heavy (non-hydrogen) atoms. The molecule has 4 rings (SSSR count). The topological polar surface area (TPSA) is 46.3 Å². The van der Waals surface area contributed by atoms with Crippen LogP contribution < -0.4 is 5.73 Å². The molecule has 3 atom stereocenters. The van der Waals surface area contributed by atoms with E-state index in [0.717, 1.165) is 19.4 Å². The second kappa shape index (κ2) is 4.71. The van der Waals surface area contributed by atoms with Crippen molar-refractivity contribution < 1.29 is 4.79 Å². The molecule has 1 fully saturated rings. The number of rotatable bonds is 2. The Morgan fingerprint density at radius 2 is 2.20 bits per heavy atom. The molecule has 0 bridgehead atoms. The quantitative estimate of drug-likeness (QED) is 0.850. The molecule has 3 aliphatic rings. The third-order valence-electron chi connectivity index (χ3n) is 4.80. The molecule has 1 aromatic rings. The lowest BCUT2D eigenvalue weighted by molar-refractivity contribution is -0.137. The van der Waals surface area contributed by atoms with Crippen LogP contribution in [0.5, 0.6) is 0 Å². The smallest absolute Gasteiger partial charge is 0.230 e. The third kappa shape index (κ3) is 2.02. The minimum absolute atomic E-state index is 0.00596. The molecule has 0 radical (unpaired) electrons. The number of carbonyl (C=O) groups is 1.